The molecule has 0 saturated heterocycles. The average molecular weight is 262 g/mol. The topological polar surface area (TPSA) is 26.3 Å². The Kier molecular flexibility index (Phi) is 4.72. The summed E-state index contributed by atoms with van der Waals surface area (Å²) in [4.78, 5) is 11.5. The minimum atomic E-state index is -0.343. The van der Waals surface area contributed by atoms with Crippen LogP contribution in [0, 0.1) is 11.7 Å². The van der Waals surface area contributed by atoms with E-state index in [1.165, 1.54) is 38.5 Å². The number of rotatable bonds is 3. The van der Waals surface area contributed by atoms with Crippen molar-refractivity contribution in [2.75, 3.05) is 7.11 Å². The Labute approximate surface area is 113 Å². The Bertz CT molecular complexity index is 456. The summed E-state index contributed by atoms with van der Waals surface area (Å²) >= 11 is 0. The van der Waals surface area contributed by atoms with Gasteiger partial charge >= 0.3 is 5.97 Å². The van der Waals surface area contributed by atoms with E-state index < -0.39 is 0 Å². The molecule has 1 fully saturated rings. The number of carbonyl (C=O) groups is 1. The highest BCUT2D eigenvalue weighted by molar-refractivity contribution is 5.91. The lowest BCUT2D eigenvalue weighted by Crippen LogP contribution is -2.10. The number of allylic oxidation sites excluding steroid dienone is 1. The number of carbonyl (C=O) groups excluding carboxylic acids is 1. The van der Waals surface area contributed by atoms with E-state index in [2.05, 4.69) is 0 Å². The van der Waals surface area contributed by atoms with Crippen LogP contribution in [-0.4, -0.2) is 13.1 Å². The van der Waals surface area contributed by atoms with Gasteiger partial charge < -0.3 is 4.74 Å². The SMILES string of the molecule is COC(=O)C=C(c1ccc(F)cc1)C1CCCCC1. The molecule has 0 amide bonds. The van der Waals surface area contributed by atoms with Crippen LogP contribution in [0.4, 0.5) is 4.39 Å². The van der Waals surface area contributed by atoms with Gasteiger partial charge in [0.05, 0.1) is 7.11 Å². The van der Waals surface area contributed by atoms with Gasteiger partial charge in [-0.15, -0.1) is 0 Å². The molecule has 0 heterocycles. The Morgan fingerprint density at radius 1 is 1.21 bits per heavy atom. The van der Waals surface area contributed by atoms with Crippen molar-refractivity contribution < 1.29 is 13.9 Å². The first-order valence-electron chi connectivity index (χ1n) is 6.76. The molecule has 19 heavy (non-hydrogen) atoms. The standard InChI is InChI=1S/C16H19FO2/c1-19-16(18)11-15(12-5-3-2-4-6-12)13-7-9-14(17)10-8-13/h7-12H,2-6H2,1H3. The number of hydrogen-bond acceptors (Lipinski definition) is 2. The molecule has 2 rings (SSSR count). The van der Waals surface area contributed by atoms with Gasteiger partial charge in [0.25, 0.3) is 0 Å². The van der Waals surface area contributed by atoms with Crippen LogP contribution in [0.15, 0.2) is 30.3 Å². The van der Waals surface area contributed by atoms with Gasteiger partial charge in [-0.2, -0.15) is 0 Å². The van der Waals surface area contributed by atoms with Crippen molar-refractivity contribution in [2.45, 2.75) is 32.1 Å². The van der Waals surface area contributed by atoms with Crippen molar-refractivity contribution in [3.05, 3.63) is 41.7 Å². The Morgan fingerprint density at radius 3 is 2.42 bits per heavy atom. The lowest BCUT2D eigenvalue weighted by molar-refractivity contribution is -0.134. The zero-order valence-electron chi connectivity index (χ0n) is 11.2. The Morgan fingerprint density at radius 2 is 1.84 bits per heavy atom. The van der Waals surface area contributed by atoms with Gasteiger partial charge in [0.15, 0.2) is 0 Å². The molecule has 0 spiro atoms. The third-order valence-electron chi connectivity index (χ3n) is 3.70. The molecule has 1 aromatic carbocycles. The Balaban J connectivity index is 2.30. The fourth-order valence-electron chi connectivity index (χ4n) is 2.68. The molecule has 0 N–H and O–H groups in total. The summed E-state index contributed by atoms with van der Waals surface area (Å²) in [5.74, 6) is -0.229. The third-order valence-corrected chi connectivity index (χ3v) is 3.70. The second-order valence-corrected chi connectivity index (χ2v) is 4.96. The maximum Gasteiger partial charge on any atom is 0.330 e. The molecule has 3 heteroatoms. The molecule has 0 aromatic heterocycles. The highest BCUT2D eigenvalue weighted by Crippen LogP contribution is 2.35. The molecule has 0 unspecified atom stereocenters. The maximum absolute atomic E-state index is 13.0. The number of ether oxygens (including phenoxy) is 1. The van der Waals surface area contributed by atoms with Crippen molar-refractivity contribution in [1.82, 2.24) is 0 Å². The number of esters is 1. The molecule has 1 aromatic rings. The summed E-state index contributed by atoms with van der Waals surface area (Å²) in [7, 11) is 1.38. The van der Waals surface area contributed by atoms with Crippen LogP contribution < -0.4 is 0 Å². The summed E-state index contributed by atoms with van der Waals surface area (Å²) in [5.41, 5.74) is 1.89. The van der Waals surface area contributed by atoms with Gasteiger partial charge in [-0.05, 0) is 42.0 Å². The van der Waals surface area contributed by atoms with Crippen LogP contribution in [0.1, 0.15) is 37.7 Å². The zero-order valence-corrected chi connectivity index (χ0v) is 11.2. The molecular weight excluding hydrogens is 243 g/mol. The first-order chi connectivity index (χ1) is 9.20. The predicted octanol–water partition coefficient (Wildman–Crippen LogP) is 3.96. The first kappa shape index (κ1) is 13.8. The number of hydrogen-bond donors (Lipinski definition) is 0. The minimum Gasteiger partial charge on any atom is -0.466 e. The van der Waals surface area contributed by atoms with Crippen LogP contribution in [0.3, 0.4) is 0 Å². The summed E-state index contributed by atoms with van der Waals surface area (Å²) in [6.07, 6.45) is 7.35. The summed E-state index contributed by atoms with van der Waals surface area (Å²) in [5, 5.41) is 0. The molecule has 1 aliphatic carbocycles. The van der Waals surface area contributed by atoms with Crippen molar-refractivity contribution in [3.8, 4) is 0 Å². The third kappa shape index (κ3) is 3.66. The van der Waals surface area contributed by atoms with E-state index >= 15 is 0 Å². The molecule has 1 aliphatic rings. The molecule has 0 aliphatic heterocycles. The summed E-state index contributed by atoms with van der Waals surface area (Å²) in [6.45, 7) is 0. The van der Waals surface area contributed by atoms with Crippen LogP contribution >= 0.6 is 0 Å². The molecular formula is C16H19FO2. The van der Waals surface area contributed by atoms with Crippen LogP contribution in [0.5, 0.6) is 0 Å². The highest BCUT2D eigenvalue weighted by atomic mass is 19.1. The number of methoxy groups -OCH3 is 1. The van der Waals surface area contributed by atoms with E-state index in [0.29, 0.717) is 5.92 Å². The van der Waals surface area contributed by atoms with E-state index in [1.54, 1.807) is 18.2 Å². The quantitative estimate of drug-likeness (QED) is 0.608. The van der Waals surface area contributed by atoms with Gasteiger partial charge in [0.2, 0.25) is 0 Å². The number of halogens is 1. The second-order valence-electron chi connectivity index (χ2n) is 4.96. The monoisotopic (exact) mass is 262 g/mol. The van der Waals surface area contributed by atoms with Crippen molar-refractivity contribution in [3.63, 3.8) is 0 Å². The number of benzene rings is 1. The Hall–Kier alpha value is -1.64. The zero-order chi connectivity index (χ0) is 13.7. The molecule has 2 nitrogen and oxygen atoms in total. The minimum absolute atomic E-state index is 0.259. The average Bonchev–Trinajstić information content (AvgIpc) is 2.46. The smallest absolute Gasteiger partial charge is 0.330 e. The lowest BCUT2D eigenvalue weighted by atomic mass is 9.81. The molecule has 102 valence electrons. The second kappa shape index (κ2) is 6.50. The van der Waals surface area contributed by atoms with E-state index in [9.17, 15) is 9.18 Å². The fraction of sp³-hybridized carbons (Fsp3) is 0.438. The summed E-state index contributed by atoms with van der Waals surface area (Å²) in [6, 6.07) is 6.34. The largest absolute Gasteiger partial charge is 0.466 e. The molecule has 0 radical (unpaired) electrons. The van der Waals surface area contributed by atoms with Gasteiger partial charge in [-0.25, -0.2) is 9.18 Å². The molecule has 0 bridgehead atoms. The molecule has 1 saturated carbocycles. The van der Waals surface area contributed by atoms with Gasteiger partial charge in [0, 0.05) is 6.08 Å². The van der Waals surface area contributed by atoms with Crippen molar-refractivity contribution >= 4 is 11.5 Å². The first-order valence-corrected chi connectivity index (χ1v) is 6.76. The van der Waals surface area contributed by atoms with E-state index in [0.717, 1.165) is 24.0 Å². The summed E-state index contributed by atoms with van der Waals surface area (Å²) < 4.78 is 17.7. The van der Waals surface area contributed by atoms with Gasteiger partial charge in [-0.1, -0.05) is 31.4 Å². The van der Waals surface area contributed by atoms with E-state index in [-0.39, 0.29) is 11.8 Å². The fourth-order valence-corrected chi connectivity index (χ4v) is 2.68. The predicted molar refractivity (Wildman–Crippen MR) is 73.0 cm³/mol. The van der Waals surface area contributed by atoms with Gasteiger partial charge in [-0.3, -0.25) is 0 Å². The normalized spacial score (nSPS) is 17.3. The van der Waals surface area contributed by atoms with Crippen LogP contribution in [0.25, 0.3) is 5.57 Å². The molecule has 0 atom stereocenters. The maximum atomic E-state index is 13.0. The van der Waals surface area contributed by atoms with Crippen molar-refractivity contribution in [1.29, 1.82) is 0 Å². The van der Waals surface area contributed by atoms with Gasteiger partial charge in [0.1, 0.15) is 5.82 Å². The van der Waals surface area contributed by atoms with E-state index in [4.69, 9.17) is 4.74 Å². The van der Waals surface area contributed by atoms with E-state index in [1.807, 2.05) is 0 Å². The lowest BCUT2D eigenvalue weighted by Gasteiger charge is -2.24. The van der Waals surface area contributed by atoms with Crippen LogP contribution in [-0.2, 0) is 9.53 Å². The van der Waals surface area contributed by atoms with Crippen LogP contribution in [0.2, 0.25) is 0 Å². The van der Waals surface area contributed by atoms with Crippen molar-refractivity contribution in [2.24, 2.45) is 5.92 Å². The highest BCUT2D eigenvalue weighted by Gasteiger charge is 2.20.